The van der Waals surface area contributed by atoms with Gasteiger partial charge in [-0.2, -0.15) is 5.10 Å². The number of hydrogen-bond acceptors (Lipinski definition) is 3. The SMILES string of the molecule is Cc1ccccc1-n1nc(C(C)(C)C)cc1NC(=O)CN(C)C(=O)C1CCCC1. The van der Waals surface area contributed by atoms with Crippen molar-refractivity contribution in [2.45, 2.75) is 58.8 Å². The summed E-state index contributed by atoms with van der Waals surface area (Å²) >= 11 is 0. The van der Waals surface area contributed by atoms with Crippen LogP contribution in [0.3, 0.4) is 0 Å². The predicted molar refractivity (Wildman–Crippen MR) is 115 cm³/mol. The van der Waals surface area contributed by atoms with Crippen LogP contribution in [-0.4, -0.2) is 40.1 Å². The second-order valence-corrected chi connectivity index (χ2v) is 9.09. The summed E-state index contributed by atoms with van der Waals surface area (Å²) in [5, 5.41) is 7.74. The van der Waals surface area contributed by atoms with Crippen molar-refractivity contribution < 1.29 is 9.59 Å². The Kier molecular flexibility index (Phi) is 6.10. The minimum absolute atomic E-state index is 0.0408. The van der Waals surface area contributed by atoms with E-state index in [1.807, 2.05) is 37.3 Å². The van der Waals surface area contributed by atoms with Crippen molar-refractivity contribution in [3.05, 3.63) is 41.6 Å². The number of aromatic nitrogens is 2. The molecule has 0 atom stereocenters. The Morgan fingerprint density at radius 2 is 1.86 bits per heavy atom. The zero-order valence-electron chi connectivity index (χ0n) is 18.2. The van der Waals surface area contributed by atoms with Gasteiger partial charge in [0.1, 0.15) is 5.82 Å². The van der Waals surface area contributed by atoms with Crippen molar-refractivity contribution in [2.75, 3.05) is 18.9 Å². The van der Waals surface area contributed by atoms with Crippen LogP contribution in [0.25, 0.3) is 5.69 Å². The largest absolute Gasteiger partial charge is 0.336 e. The van der Waals surface area contributed by atoms with Crippen molar-refractivity contribution in [3.63, 3.8) is 0 Å². The summed E-state index contributed by atoms with van der Waals surface area (Å²) < 4.78 is 1.78. The number of nitrogens with zero attached hydrogens (tertiary/aromatic N) is 3. The van der Waals surface area contributed by atoms with Gasteiger partial charge in [-0.25, -0.2) is 4.68 Å². The van der Waals surface area contributed by atoms with E-state index in [2.05, 4.69) is 26.1 Å². The Morgan fingerprint density at radius 1 is 1.21 bits per heavy atom. The van der Waals surface area contributed by atoms with Gasteiger partial charge in [-0.3, -0.25) is 9.59 Å². The van der Waals surface area contributed by atoms with E-state index in [1.54, 1.807) is 16.6 Å². The van der Waals surface area contributed by atoms with E-state index in [4.69, 9.17) is 5.10 Å². The first kappa shape index (κ1) is 21.1. The average Bonchev–Trinajstić information content (AvgIpc) is 3.31. The topological polar surface area (TPSA) is 67.2 Å². The monoisotopic (exact) mass is 396 g/mol. The normalized spacial score (nSPS) is 14.8. The van der Waals surface area contributed by atoms with E-state index in [1.165, 1.54) is 0 Å². The van der Waals surface area contributed by atoms with Crippen molar-refractivity contribution >= 4 is 17.6 Å². The lowest BCUT2D eigenvalue weighted by Gasteiger charge is -2.20. The molecule has 6 nitrogen and oxygen atoms in total. The predicted octanol–water partition coefficient (Wildman–Crippen LogP) is 4.07. The van der Waals surface area contributed by atoms with E-state index in [-0.39, 0.29) is 29.7 Å². The van der Waals surface area contributed by atoms with Gasteiger partial charge in [0, 0.05) is 24.4 Å². The number of anilines is 1. The first-order chi connectivity index (χ1) is 13.7. The van der Waals surface area contributed by atoms with Gasteiger partial charge in [0.15, 0.2) is 0 Å². The molecule has 1 heterocycles. The highest BCUT2D eigenvalue weighted by Gasteiger charge is 2.27. The third-order valence-corrected chi connectivity index (χ3v) is 5.55. The molecular weight excluding hydrogens is 364 g/mol. The smallest absolute Gasteiger partial charge is 0.245 e. The van der Waals surface area contributed by atoms with Gasteiger partial charge in [-0.05, 0) is 31.4 Å². The van der Waals surface area contributed by atoms with Crippen LogP contribution in [0.5, 0.6) is 0 Å². The van der Waals surface area contributed by atoms with Crippen molar-refractivity contribution in [1.29, 1.82) is 0 Å². The summed E-state index contributed by atoms with van der Waals surface area (Å²) in [7, 11) is 1.71. The maximum Gasteiger partial charge on any atom is 0.245 e. The van der Waals surface area contributed by atoms with Crippen LogP contribution in [0.1, 0.15) is 57.7 Å². The minimum atomic E-state index is -0.214. The van der Waals surface area contributed by atoms with Gasteiger partial charge >= 0.3 is 0 Å². The number of aryl methyl sites for hydroxylation is 1. The Labute approximate surface area is 173 Å². The number of nitrogens with one attached hydrogen (secondary N) is 1. The maximum absolute atomic E-state index is 12.7. The van der Waals surface area contributed by atoms with Gasteiger partial charge in [0.2, 0.25) is 11.8 Å². The van der Waals surface area contributed by atoms with Crippen LogP contribution in [0, 0.1) is 12.8 Å². The van der Waals surface area contributed by atoms with Gasteiger partial charge in [0.05, 0.1) is 17.9 Å². The number of likely N-dealkylation sites (N-methyl/N-ethyl adjacent to an activating group) is 1. The lowest BCUT2D eigenvalue weighted by Crippen LogP contribution is -2.38. The molecule has 2 aromatic rings. The zero-order valence-corrected chi connectivity index (χ0v) is 18.2. The molecule has 1 aliphatic rings. The van der Waals surface area contributed by atoms with Crippen LogP contribution >= 0.6 is 0 Å². The Bertz CT molecular complexity index is 889. The number of para-hydroxylation sites is 1. The summed E-state index contributed by atoms with van der Waals surface area (Å²) in [6, 6.07) is 9.87. The number of carbonyl (C=O) groups is 2. The van der Waals surface area contributed by atoms with Crippen molar-refractivity contribution in [1.82, 2.24) is 14.7 Å². The highest BCUT2D eigenvalue weighted by atomic mass is 16.2. The molecule has 1 saturated carbocycles. The van der Waals surface area contributed by atoms with Crippen molar-refractivity contribution in [3.8, 4) is 5.69 Å². The van der Waals surface area contributed by atoms with Gasteiger partial charge < -0.3 is 10.2 Å². The molecule has 0 spiro atoms. The molecule has 0 unspecified atom stereocenters. The lowest BCUT2D eigenvalue weighted by atomic mass is 9.92. The summed E-state index contributed by atoms with van der Waals surface area (Å²) in [5.74, 6) is 0.545. The van der Waals surface area contributed by atoms with E-state index in [0.29, 0.717) is 5.82 Å². The third kappa shape index (κ3) is 4.86. The average molecular weight is 397 g/mol. The highest BCUT2D eigenvalue weighted by Crippen LogP contribution is 2.28. The molecule has 2 amide bonds. The number of hydrogen-bond donors (Lipinski definition) is 1. The molecule has 0 radical (unpaired) electrons. The second kappa shape index (κ2) is 8.39. The second-order valence-electron chi connectivity index (χ2n) is 9.09. The minimum Gasteiger partial charge on any atom is -0.336 e. The molecular formula is C23H32N4O2. The molecule has 156 valence electrons. The fourth-order valence-corrected chi connectivity index (χ4v) is 3.78. The maximum atomic E-state index is 12.7. The highest BCUT2D eigenvalue weighted by molar-refractivity contribution is 5.94. The summed E-state index contributed by atoms with van der Waals surface area (Å²) in [5.41, 5.74) is 2.74. The lowest BCUT2D eigenvalue weighted by molar-refractivity contribution is -0.136. The standard InChI is InChI=1S/C23H32N4O2/c1-16-10-6-9-13-18(16)27-20(14-19(25-27)23(2,3)4)24-21(28)15-26(5)22(29)17-11-7-8-12-17/h6,9-10,13-14,17H,7-8,11-12,15H2,1-5H3,(H,24,28). The van der Waals surface area contributed by atoms with Crippen LogP contribution in [0.2, 0.25) is 0 Å². The number of amides is 2. The van der Waals surface area contributed by atoms with E-state index in [0.717, 1.165) is 42.6 Å². The molecule has 0 aliphatic heterocycles. The Hall–Kier alpha value is -2.63. The van der Waals surface area contributed by atoms with E-state index in [9.17, 15) is 9.59 Å². The first-order valence-corrected chi connectivity index (χ1v) is 10.4. The fourth-order valence-electron chi connectivity index (χ4n) is 3.78. The van der Waals surface area contributed by atoms with Crippen LogP contribution in [0.15, 0.2) is 30.3 Å². The van der Waals surface area contributed by atoms with Crippen LogP contribution in [-0.2, 0) is 15.0 Å². The van der Waals surface area contributed by atoms with Gasteiger partial charge in [0.25, 0.3) is 0 Å². The molecule has 1 aromatic carbocycles. The Morgan fingerprint density at radius 3 is 2.48 bits per heavy atom. The van der Waals surface area contributed by atoms with Gasteiger partial charge in [-0.1, -0.05) is 51.8 Å². The zero-order chi connectivity index (χ0) is 21.2. The molecule has 0 saturated heterocycles. The third-order valence-electron chi connectivity index (χ3n) is 5.55. The van der Waals surface area contributed by atoms with Crippen LogP contribution < -0.4 is 5.32 Å². The molecule has 1 N–H and O–H groups in total. The molecule has 29 heavy (non-hydrogen) atoms. The molecule has 6 heteroatoms. The van der Waals surface area contributed by atoms with E-state index < -0.39 is 0 Å². The van der Waals surface area contributed by atoms with Crippen LogP contribution in [0.4, 0.5) is 5.82 Å². The molecule has 0 bridgehead atoms. The molecule has 3 rings (SSSR count). The summed E-state index contributed by atoms with van der Waals surface area (Å²) in [4.78, 5) is 26.8. The molecule has 1 aliphatic carbocycles. The quantitative estimate of drug-likeness (QED) is 0.829. The molecule has 1 fully saturated rings. The fraction of sp³-hybridized carbons (Fsp3) is 0.522. The number of rotatable bonds is 5. The first-order valence-electron chi connectivity index (χ1n) is 10.4. The summed E-state index contributed by atoms with van der Waals surface area (Å²) in [6.07, 6.45) is 4.06. The summed E-state index contributed by atoms with van der Waals surface area (Å²) in [6.45, 7) is 8.35. The van der Waals surface area contributed by atoms with Crippen molar-refractivity contribution in [2.24, 2.45) is 5.92 Å². The Balaban J connectivity index is 1.80. The molecule has 1 aromatic heterocycles. The number of carbonyl (C=O) groups excluding carboxylic acids is 2. The van der Waals surface area contributed by atoms with E-state index >= 15 is 0 Å². The van der Waals surface area contributed by atoms with Gasteiger partial charge in [-0.15, -0.1) is 0 Å². The number of benzene rings is 1.